The van der Waals surface area contributed by atoms with Crippen LogP contribution in [-0.2, 0) is 4.79 Å². The van der Waals surface area contributed by atoms with Crippen molar-refractivity contribution < 1.29 is 9.28 Å². The Morgan fingerprint density at radius 2 is 2.38 bits per heavy atom. The van der Waals surface area contributed by atoms with Gasteiger partial charge in [-0.3, -0.25) is 4.79 Å². The summed E-state index contributed by atoms with van der Waals surface area (Å²) in [6.45, 7) is 2.10. The van der Waals surface area contributed by atoms with Crippen LogP contribution in [-0.4, -0.2) is 18.1 Å². The van der Waals surface area contributed by atoms with Crippen molar-refractivity contribution in [2.45, 2.75) is 19.8 Å². The average Bonchev–Trinajstić information content (AvgIpc) is 1.83. The Balaban J connectivity index is 2.98. The van der Waals surface area contributed by atoms with Crippen LogP contribution in [0.4, 0.5) is 4.48 Å². The lowest BCUT2D eigenvalue weighted by molar-refractivity contribution is 0.113. The summed E-state index contributed by atoms with van der Waals surface area (Å²) >= 11 is 0. The molecule has 0 aromatic carbocycles. The molecule has 0 spiro atoms. The maximum atomic E-state index is 11.7. The predicted octanol–water partition coefficient (Wildman–Crippen LogP) is 1.04. The highest BCUT2D eigenvalue weighted by Crippen LogP contribution is 1.90. The van der Waals surface area contributed by atoms with Crippen LogP contribution in [0.2, 0.25) is 0 Å². The van der Waals surface area contributed by atoms with Gasteiger partial charge in [0.1, 0.15) is 0 Å². The van der Waals surface area contributed by atoms with Gasteiger partial charge in [-0.2, -0.15) is 5.12 Å². The Kier molecular flexibility index (Phi) is 4.21. The van der Waals surface area contributed by atoms with Crippen molar-refractivity contribution >= 4 is 6.41 Å². The molecule has 0 saturated carbocycles. The van der Waals surface area contributed by atoms with Gasteiger partial charge >= 0.3 is 6.41 Å². The number of hydrogen-bond acceptors (Lipinski definition) is 1. The Labute approximate surface area is 48.2 Å². The fourth-order valence-electron chi connectivity index (χ4n) is 0.343. The summed E-state index contributed by atoms with van der Waals surface area (Å²) in [5.41, 5.74) is 0. The zero-order chi connectivity index (χ0) is 6.41. The highest BCUT2D eigenvalue weighted by atomic mass is 19.2. The van der Waals surface area contributed by atoms with Crippen molar-refractivity contribution in [2.75, 3.05) is 6.54 Å². The van der Waals surface area contributed by atoms with Gasteiger partial charge in [0.25, 0.3) is 0 Å². The van der Waals surface area contributed by atoms with E-state index in [-0.39, 0.29) is 11.7 Å². The summed E-state index contributed by atoms with van der Waals surface area (Å²) < 4.78 is 11.7. The molecule has 3 heteroatoms. The van der Waals surface area contributed by atoms with E-state index in [9.17, 15) is 9.28 Å². The monoisotopic (exact) mass is 118 g/mol. The summed E-state index contributed by atoms with van der Waals surface area (Å²) in [6.07, 6.45) is 2.71. The smallest absolute Gasteiger partial charge is 0.261 e. The first-order chi connectivity index (χ1) is 3.81. The van der Waals surface area contributed by atoms with Crippen molar-refractivity contribution in [3.05, 3.63) is 0 Å². The Morgan fingerprint density at radius 3 is 2.75 bits per heavy atom. The maximum Gasteiger partial charge on any atom is 0.342 e. The third-order valence-corrected chi connectivity index (χ3v) is 0.807. The molecule has 0 aromatic heterocycles. The van der Waals surface area contributed by atoms with Gasteiger partial charge < -0.3 is 0 Å². The van der Waals surface area contributed by atoms with Crippen LogP contribution in [0.25, 0.3) is 0 Å². The molecule has 2 nitrogen and oxygen atoms in total. The van der Waals surface area contributed by atoms with Crippen LogP contribution >= 0.6 is 0 Å². The second kappa shape index (κ2) is 4.56. The number of amides is 1. The SMILES string of the molecule is CCCCN(F)[C]=O. The van der Waals surface area contributed by atoms with Crippen LogP contribution in [0.1, 0.15) is 19.8 Å². The van der Waals surface area contributed by atoms with Crippen molar-refractivity contribution in [1.29, 1.82) is 0 Å². The maximum absolute atomic E-state index is 11.7. The predicted molar refractivity (Wildman–Crippen MR) is 28.4 cm³/mol. The molecule has 1 amide bonds. The highest BCUT2D eigenvalue weighted by Gasteiger charge is 1.94. The zero-order valence-corrected chi connectivity index (χ0v) is 4.85. The normalized spacial score (nSPS) is 8.75. The first-order valence-corrected chi connectivity index (χ1v) is 2.62. The van der Waals surface area contributed by atoms with E-state index in [1.54, 1.807) is 0 Å². The van der Waals surface area contributed by atoms with Gasteiger partial charge in [0.15, 0.2) is 0 Å². The van der Waals surface area contributed by atoms with E-state index in [1.165, 1.54) is 0 Å². The number of halogens is 1. The summed E-state index contributed by atoms with van der Waals surface area (Å²) in [5, 5.41) is 0.0312. The number of nitrogens with zero attached hydrogens (tertiary/aromatic N) is 1. The van der Waals surface area contributed by atoms with Gasteiger partial charge in [-0.05, 0) is 6.42 Å². The molecule has 0 aliphatic carbocycles. The van der Waals surface area contributed by atoms with Gasteiger partial charge in [0.2, 0.25) is 0 Å². The lowest BCUT2D eigenvalue weighted by Crippen LogP contribution is -2.11. The van der Waals surface area contributed by atoms with Crippen LogP contribution in [0.15, 0.2) is 0 Å². The first-order valence-electron chi connectivity index (χ1n) is 2.62. The molecule has 0 saturated heterocycles. The van der Waals surface area contributed by atoms with E-state index >= 15 is 0 Å². The Bertz CT molecular complexity index is 67.4. The molecule has 0 bridgehead atoms. The van der Waals surface area contributed by atoms with E-state index in [4.69, 9.17) is 0 Å². The zero-order valence-electron chi connectivity index (χ0n) is 4.85. The largest absolute Gasteiger partial charge is 0.342 e. The number of rotatable bonds is 4. The summed E-state index contributed by atoms with van der Waals surface area (Å²) in [6, 6.07) is 0. The summed E-state index contributed by atoms with van der Waals surface area (Å²) in [7, 11) is 0. The Hall–Kier alpha value is -0.600. The van der Waals surface area contributed by atoms with Crippen molar-refractivity contribution in [2.24, 2.45) is 0 Å². The topological polar surface area (TPSA) is 20.3 Å². The van der Waals surface area contributed by atoms with E-state index in [2.05, 4.69) is 0 Å². The van der Waals surface area contributed by atoms with Gasteiger partial charge in [-0.15, -0.1) is 0 Å². The van der Waals surface area contributed by atoms with Gasteiger partial charge in [0.05, 0.1) is 6.54 Å². The van der Waals surface area contributed by atoms with Crippen LogP contribution < -0.4 is 0 Å². The van der Waals surface area contributed by atoms with Gasteiger partial charge in [0, 0.05) is 0 Å². The molecule has 0 rings (SSSR count). The molecule has 47 valence electrons. The highest BCUT2D eigenvalue weighted by molar-refractivity contribution is 5.45. The number of carbonyl (C=O) groups excluding carboxylic acids is 1. The van der Waals surface area contributed by atoms with E-state index in [1.807, 2.05) is 6.92 Å². The minimum Gasteiger partial charge on any atom is -0.261 e. The van der Waals surface area contributed by atoms with Gasteiger partial charge in [-0.1, -0.05) is 17.8 Å². The average molecular weight is 118 g/mol. The lowest BCUT2D eigenvalue weighted by atomic mass is 10.3. The Morgan fingerprint density at radius 1 is 1.75 bits per heavy atom. The molecular formula is C5H9FNO. The van der Waals surface area contributed by atoms with Gasteiger partial charge in [-0.25, -0.2) is 0 Å². The van der Waals surface area contributed by atoms with Crippen LogP contribution in [0.3, 0.4) is 0 Å². The van der Waals surface area contributed by atoms with Crippen LogP contribution in [0, 0.1) is 0 Å². The third-order valence-electron chi connectivity index (χ3n) is 0.807. The molecule has 0 heterocycles. The van der Waals surface area contributed by atoms with Crippen molar-refractivity contribution in [3.8, 4) is 0 Å². The molecule has 0 aliphatic rings. The first kappa shape index (κ1) is 7.40. The van der Waals surface area contributed by atoms with Crippen LogP contribution in [0.5, 0.6) is 0 Å². The number of hydrogen-bond donors (Lipinski definition) is 0. The molecule has 0 fully saturated rings. The molecule has 0 N–H and O–H groups in total. The molecular weight excluding hydrogens is 109 g/mol. The summed E-state index contributed by atoms with van der Waals surface area (Å²) in [5.74, 6) is 0. The lowest BCUT2D eigenvalue weighted by Gasteiger charge is -1.99. The summed E-state index contributed by atoms with van der Waals surface area (Å²) in [4.78, 5) is 9.44. The molecule has 0 unspecified atom stereocenters. The van der Waals surface area contributed by atoms with E-state index < -0.39 is 0 Å². The fourth-order valence-corrected chi connectivity index (χ4v) is 0.343. The molecule has 0 atom stereocenters. The third kappa shape index (κ3) is 3.59. The quantitative estimate of drug-likeness (QED) is 0.399. The minimum absolute atomic E-state index is 0.0312. The molecule has 0 aromatic rings. The molecule has 1 radical (unpaired) electrons. The van der Waals surface area contributed by atoms with Crippen molar-refractivity contribution in [1.82, 2.24) is 5.12 Å². The molecule has 0 aliphatic heterocycles. The van der Waals surface area contributed by atoms with E-state index in [0.29, 0.717) is 6.42 Å². The van der Waals surface area contributed by atoms with E-state index in [0.717, 1.165) is 12.8 Å². The molecule has 8 heavy (non-hydrogen) atoms. The fraction of sp³-hybridized carbons (Fsp3) is 0.800. The van der Waals surface area contributed by atoms with Crippen molar-refractivity contribution in [3.63, 3.8) is 0 Å². The number of unbranched alkanes of at least 4 members (excludes halogenated alkanes) is 1. The second-order valence-corrected chi connectivity index (χ2v) is 1.53. The second-order valence-electron chi connectivity index (χ2n) is 1.53. The standard InChI is InChI=1S/C5H9FNO/c1-2-3-4-7(6)5-8/h2-4H2,1H3. The minimum atomic E-state index is 0.0312.